The van der Waals surface area contributed by atoms with E-state index in [4.69, 9.17) is 4.74 Å². The van der Waals surface area contributed by atoms with Crippen molar-refractivity contribution >= 4 is 11.4 Å². The summed E-state index contributed by atoms with van der Waals surface area (Å²) in [5.41, 5.74) is 1.26. The van der Waals surface area contributed by atoms with Gasteiger partial charge in [-0.2, -0.15) is 9.49 Å². The van der Waals surface area contributed by atoms with Gasteiger partial charge < -0.3 is 10.1 Å². The molecule has 2 aromatic rings. The molecule has 1 aromatic carbocycles. The molecule has 0 bridgehead atoms. The quantitative estimate of drug-likeness (QED) is 0.676. The SMILES string of the molecule is COc1cc(F)c([N+](=O)[O-])c(NCc2cnn(C)c2C)c1. The molecule has 0 saturated carbocycles. The van der Waals surface area contributed by atoms with Crippen LogP contribution < -0.4 is 10.1 Å². The van der Waals surface area contributed by atoms with Crippen molar-refractivity contribution in [3.05, 3.63) is 45.5 Å². The molecule has 0 saturated heterocycles. The topological polar surface area (TPSA) is 82.2 Å². The lowest BCUT2D eigenvalue weighted by molar-refractivity contribution is -0.386. The van der Waals surface area contributed by atoms with Crippen molar-refractivity contribution in [2.24, 2.45) is 7.05 Å². The van der Waals surface area contributed by atoms with E-state index in [2.05, 4.69) is 10.4 Å². The predicted molar refractivity (Wildman–Crippen MR) is 74.9 cm³/mol. The van der Waals surface area contributed by atoms with Crippen LogP contribution in [0.3, 0.4) is 0 Å². The summed E-state index contributed by atoms with van der Waals surface area (Å²) in [6.45, 7) is 2.18. The average molecular weight is 294 g/mol. The summed E-state index contributed by atoms with van der Waals surface area (Å²) >= 11 is 0. The Hall–Kier alpha value is -2.64. The Morgan fingerprint density at radius 3 is 2.76 bits per heavy atom. The van der Waals surface area contributed by atoms with E-state index < -0.39 is 16.4 Å². The number of methoxy groups -OCH3 is 1. The molecule has 0 amide bonds. The van der Waals surface area contributed by atoms with Gasteiger partial charge in [-0.15, -0.1) is 0 Å². The van der Waals surface area contributed by atoms with E-state index >= 15 is 0 Å². The monoisotopic (exact) mass is 294 g/mol. The van der Waals surface area contributed by atoms with Crippen LogP contribution in [0, 0.1) is 22.9 Å². The molecule has 0 radical (unpaired) electrons. The maximum absolute atomic E-state index is 13.8. The van der Waals surface area contributed by atoms with E-state index in [1.165, 1.54) is 13.2 Å². The molecule has 0 aliphatic heterocycles. The van der Waals surface area contributed by atoms with Gasteiger partial charge in [0.15, 0.2) is 0 Å². The zero-order chi connectivity index (χ0) is 15.6. The molecule has 7 nitrogen and oxygen atoms in total. The number of aryl methyl sites for hydroxylation is 1. The summed E-state index contributed by atoms with van der Waals surface area (Å²) < 4.78 is 20.4. The van der Waals surface area contributed by atoms with Gasteiger partial charge in [-0.25, -0.2) is 0 Å². The highest BCUT2D eigenvalue weighted by Gasteiger charge is 2.22. The van der Waals surface area contributed by atoms with Gasteiger partial charge in [0.1, 0.15) is 11.4 Å². The first-order chi connectivity index (χ1) is 9.93. The van der Waals surface area contributed by atoms with E-state index in [9.17, 15) is 14.5 Å². The van der Waals surface area contributed by atoms with Gasteiger partial charge in [-0.05, 0) is 6.92 Å². The number of rotatable bonds is 5. The van der Waals surface area contributed by atoms with Gasteiger partial charge in [0.05, 0.1) is 18.2 Å². The molecule has 0 atom stereocenters. The van der Waals surface area contributed by atoms with Gasteiger partial charge in [-0.3, -0.25) is 14.8 Å². The molecule has 0 aliphatic rings. The van der Waals surface area contributed by atoms with E-state index in [1.807, 2.05) is 6.92 Å². The molecule has 21 heavy (non-hydrogen) atoms. The maximum atomic E-state index is 13.8. The number of nitrogens with one attached hydrogen (secondary N) is 1. The zero-order valence-electron chi connectivity index (χ0n) is 11.9. The average Bonchev–Trinajstić information content (AvgIpc) is 2.75. The fourth-order valence-electron chi connectivity index (χ4n) is 1.92. The van der Waals surface area contributed by atoms with E-state index in [-0.39, 0.29) is 11.4 Å². The number of halogens is 1. The summed E-state index contributed by atoms with van der Waals surface area (Å²) in [6, 6.07) is 2.38. The summed E-state index contributed by atoms with van der Waals surface area (Å²) in [6.07, 6.45) is 1.66. The lowest BCUT2D eigenvalue weighted by Crippen LogP contribution is -2.06. The molecular formula is C13H15FN4O3. The molecule has 0 aliphatic carbocycles. The first kappa shape index (κ1) is 14.8. The van der Waals surface area contributed by atoms with Crippen LogP contribution in [0.4, 0.5) is 15.8 Å². The number of ether oxygens (including phenoxy) is 1. The predicted octanol–water partition coefficient (Wildman–Crippen LogP) is 2.40. The standard InChI is InChI=1S/C13H15FN4O3/c1-8-9(7-16-17(8)2)6-15-12-5-10(21-3)4-11(14)13(12)18(19)20/h4-5,7,15H,6H2,1-3H3. The molecular weight excluding hydrogens is 279 g/mol. The van der Waals surface area contributed by atoms with E-state index in [0.29, 0.717) is 6.54 Å². The second-order valence-electron chi connectivity index (χ2n) is 4.49. The fourth-order valence-corrected chi connectivity index (χ4v) is 1.92. The van der Waals surface area contributed by atoms with Crippen LogP contribution in [0.5, 0.6) is 5.75 Å². The third kappa shape index (κ3) is 2.93. The summed E-state index contributed by atoms with van der Waals surface area (Å²) in [5.74, 6) is -0.728. The number of benzene rings is 1. The Labute approximate surface area is 120 Å². The van der Waals surface area contributed by atoms with Crippen molar-refractivity contribution in [1.29, 1.82) is 0 Å². The van der Waals surface area contributed by atoms with Gasteiger partial charge in [0.25, 0.3) is 0 Å². The molecule has 8 heteroatoms. The number of hydrogen-bond donors (Lipinski definition) is 1. The second-order valence-corrected chi connectivity index (χ2v) is 4.49. The summed E-state index contributed by atoms with van der Waals surface area (Å²) in [5, 5.41) is 17.9. The molecule has 112 valence electrons. The van der Waals surface area contributed by atoms with Crippen LogP contribution in [0.25, 0.3) is 0 Å². The minimum absolute atomic E-state index is 0.0695. The molecule has 0 unspecified atom stereocenters. The van der Waals surface area contributed by atoms with Crippen LogP contribution in [-0.4, -0.2) is 21.8 Å². The number of nitrogens with zero attached hydrogens (tertiary/aromatic N) is 3. The van der Waals surface area contributed by atoms with Crippen LogP contribution in [0.1, 0.15) is 11.3 Å². The highest BCUT2D eigenvalue weighted by molar-refractivity contribution is 5.65. The maximum Gasteiger partial charge on any atom is 0.327 e. The van der Waals surface area contributed by atoms with E-state index in [1.54, 1.807) is 17.9 Å². The van der Waals surface area contributed by atoms with Crippen molar-refractivity contribution in [3.8, 4) is 5.75 Å². The zero-order valence-corrected chi connectivity index (χ0v) is 11.9. The second kappa shape index (κ2) is 5.78. The van der Waals surface area contributed by atoms with Crippen molar-refractivity contribution in [3.63, 3.8) is 0 Å². The first-order valence-electron chi connectivity index (χ1n) is 6.17. The molecule has 0 fully saturated rings. The number of aromatic nitrogens is 2. The minimum atomic E-state index is -0.940. The Bertz CT molecular complexity index is 684. The summed E-state index contributed by atoms with van der Waals surface area (Å²) in [4.78, 5) is 10.2. The van der Waals surface area contributed by atoms with Crippen LogP contribution in [0.2, 0.25) is 0 Å². The molecule has 2 rings (SSSR count). The molecule has 1 aromatic heterocycles. The number of nitro groups is 1. The Kier molecular flexibility index (Phi) is 4.06. The van der Waals surface area contributed by atoms with Gasteiger partial charge in [0, 0.05) is 37.0 Å². The highest BCUT2D eigenvalue weighted by Crippen LogP contribution is 2.32. The molecule has 1 heterocycles. The van der Waals surface area contributed by atoms with Crippen LogP contribution in [0.15, 0.2) is 18.3 Å². The smallest absolute Gasteiger partial charge is 0.327 e. The Balaban J connectivity index is 2.32. The summed E-state index contributed by atoms with van der Waals surface area (Å²) in [7, 11) is 3.17. The molecule has 0 spiro atoms. The molecule has 1 N–H and O–H groups in total. The van der Waals surface area contributed by atoms with Crippen molar-refractivity contribution in [2.75, 3.05) is 12.4 Å². The Morgan fingerprint density at radius 2 is 2.24 bits per heavy atom. The highest BCUT2D eigenvalue weighted by atomic mass is 19.1. The van der Waals surface area contributed by atoms with Crippen LogP contribution >= 0.6 is 0 Å². The van der Waals surface area contributed by atoms with Gasteiger partial charge >= 0.3 is 5.69 Å². The van der Waals surface area contributed by atoms with Crippen LogP contribution in [-0.2, 0) is 13.6 Å². The lowest BCUT2D eigenvalue weighted by Gasteiger charge is -2.09. The van der Waals surface area contributed by atoms with Crippen molar-refractivity contribution in [1.82, 2.24) is 9.78 Å². The lowest BCUT2D eigenvalue weighted by atomic mass is 10.2. The number of nitro benzene ring substituents is 1. The Morgan fingerprint density at radius 1 is 1.52 bits per heavy atom. The van der Waals surface area contributed by atoms with Gasteiger partial charge in [-0.1, -0.05) is 0 Å². The van der Waals surface area contributed by atoms with E-state index in [0.717, 1.165) is 17.3 Å². The van der Waals surface area contributed by atoms with Crippen molar-refractivity contribution in [2.45, 2.75) is 13.5 Å². The van der Waals surface area contributed by atoms with Gasteiger partial charge in [0.2, 0.25) is 5.82 Å². The number of hydrogen-bond acceptors (Lipinski definition) is 5. The third-order valence-corrected chi connectivity index (χ3v) is 3.26. The van der Waals surface area contributed by atoms with Crippen molar-refractivity contribution < 1.29 is 14.1 Å². The largest absolute Gasteiger partial charge is 0.497 e. The normalized spacial score (nSPS) is 10.5. The third-order valence-electron chi connectivity index (χ3n) is 3.26. The number of anilines is 1. The first-order valence-corrected chi connectivity index (χ1v) is 6.17. The fraction of sp³-hybridized carbons (Fsp3) is 0.308. The minimum Gasteiger partial charge on any atom is -0.497 e.